The van der Waals surface area contributed by atoms with Gasteiger partial charge in [-0.2, -0.15) is 0 Å². The number of benzene rings is 2. The highest BCUT2D eigenvalue weighted by Gasteiger charge is 2.13. The monoisotopic (exact) mass is 354 g/mol. The van der Waals surface area contributed by atoms with E-state index in [0.29, 0.717) is 18.8 Å². The van der Waals surface area contributed by atoms with Gasteiger partial charge >= 0.3 is 0 Å². The number of nitrogens with zero attached hydrogens (tertiary/aromatic N) is 2. The van der Waals surface area contributed by atoms with Gasteiger partial charge in [0.1, 0.15) is 11.6 Å². The normalized spacial score (nSPS) is 10.7. The van der Waals surface area contributed by atoms with E-state index in [1.54, 1.807) is 0 Å². The Morgan fingerprint density at radius 1 is 1.19 bits per heavy atom. The zero-order valence-corrected chi connectivity index (χ0v) is 14.5. The van der Waals surface area contributed by atoms with Crippen molar-refractivity contribution in [3.63, 3.8) is 0 Å². The van der Waals surface area contributed by atoms with Gasteiger partial charge in [-0.1, -0.05) is 12.1 Å². The summed E-state index contributed by atoms with van der Waals surface area (Å²) < 4.78 is 15.9. The molecule has 2 amide bonds. The summed E-state index contributed by atoms with van der Waals surface area (Å²) in [6, 6.07) is 11.6. The number of rotatable bonds is 5. The smallest absolute Gasteiger partial charge is 0.254 e. The number of halogens is 1. The second kappa shape index (κ2) is 7.35. The van der Waals surface area contributed by atoms with Crippen molar-refractivity contribution in [2.45, 2.75) is 20.4 Å². The van der Waals surface area contributed by atoms with Gasteiger partial charge in [-0.05, 0) is 37.3 Å². The highest BCUT2D eigenvalue weighted by atomic mass is 19.1. The number of anilines is 1. The summed E-state index contributed by atoms with van der Waals surface area (Å²) >= 11 is 0. The molecule has 0 aliphatic carbocycles. The molecule has 7 heteroatoms. The molecule has 2 aromatic carbocycles. The molecule has 2 N–H and O–H groups in total. The third-order valence-corrected chi connectivity index (χ3v) is 4.00. The van der Waals surface area contributed by atoms with E-state index < -0.39 is 11.7 Å². The third-order valence-electron chi connectivity index (χ3n) is 4.00. The third kappa shape index (κ3) is 3.72. The highest BCUT2D eigenvalue weighted by molar-refractivity contribution is 5.97. The number of aryl methyl sites for hydroxylation is 1. The maximum atomic E-state index is 13.9. The Morgan fingerprint density at radius 2 is 1.96 bits per heavy atom. The topological polar surface area (TPSA) is 76.0 Å². The van der Waals surface area contributed by atoms with Crippen molar-refractivity contribution in [3.8, 4) is 0 Å². The molecule has 134 valence electrons. The Hall–Kier alpha value is -3.22. The number of carbonyl (C=O) groups is 2. The van der Waals surface area contributed by atoms with Crippen LogP contribution in [0.2, 0.25) is 0 Å². The second-order valence-corrected chi connectivity index (χ2v) is 5.93. The van der Waals surface area contributed by atoms with Gasteiger partial charge in [0.05, 0.1) is 16.6 Å². The lowest BCUT2D eigenvalue weighted by Gasteiger charge is -2.10. The van der Waals surface area contributed by atoms with Gasteiger partial charge in [0.25, 0.3) is 5.91 Å². The van der Waals surface area contributed by atoms with Gasteiger partial charge in [0.2, 0.25) is 5.91 Å². The molecule has 0 unspecified atom stereocenters. The SMILES string of the molecule is CC(=O)Nc1ccc(F)c(C(=O)NCCn2c(C)nc3ccccc32)c1. The Bertz CT molecular complexity index is 981. The van der Waals surface area contributed by atoms with Crippen LogP contribution in [-0.4, -0.2) is 27.9 Å². The maximum Gasteiger partial charge on any atom is 0.254 e. The average molecular weight is 354 g/mol. The lowest BCUT2D eigenvalue weighted by molar-refractivity contribution is -0.114. The van der Waals surface area contributed by atoms with E-state index in [9.17, 15) is 14.0 Å². The standard InChI is InChI=1S/C19H19FN4O2/c1-12-22-17-5-3-4-6-18(17)24(12)10-9-21-19(26)15-11-14(23-13(2)25)7-8-16(15)20/h3-8,11H,9-10H2,1-2H3,(H,21,26)(H,23,25). The zero-order chi connectivity index (χ0) is 18.7. The first-order chi connectivity index (χ1) is 12.5. The van der Waals surface area contributed by atoms with Crippen LogP contribution in [-0.2, 0) is 11.3 Å². The van der Waals surface area contributed by atoms with Gasteiger partial charge in [-0.3, -0.25) is 9.59 Å². The van der Waals surface area contributed by atoms with Crippen LogP contribution < -0.4 is 10.6 Å². The Balaban J connectivity index is 1.69. The Labute approximate surface area is 150 Å². The predicted molar refractivity (Wildman–Crippen MR) is 97.5 cm³/mol. The second-order valence-electron chi connectivity index (χ2n) is 5.93. The molecule has 0 saturated heterocycles. The van der Waals surface area contributed by atoms with E-state index in [1.165, 1.54) is 19.1 Å². The molecule has 1 aromatic heterocycles. The minimum atomic E-state index is -0.638. The maximum absolute atomic E-state index is 13.9. The first kappa shape index (κ1) is 17.6. The first-order valence-electron chi connectivity index (χ1n) is 8.23. The molecule has 26 heavy (non-hydrogen) atoms. The van der Waals surface area contributed by atoms with Crippen molar-refractivity contribution < 1.29 is 14.0 Å². The van der Waals surface area contributed by atoms with Crippen molar-refractivity contribution in [3.05, 3.63) is 59.7 Å². The van der Waals surface area contributed by atoms with Gasteiger partial charge in [-0.15, -0.1) is 0 Å². The van der Waals surface area contributed by atoms with Crippen LogP contribution in [0.4, 0.5) is 10.1 Å². The fourth-order valence-electron chi connectivity index (χ4n) is 2.83. The van der Waals surface area contributed by atoms with Crippen LogP contribution in [0.5, 0.6) is 0 Å². The van der Waals surface area contributed by atoms with Crippen molar-refractivity contribution in [1.82, 2.24) is 14.9 Å². The van der Waals surface area contributed by atoms with E-state index in [-0.39, 0.29) is 11.5 Å². The van der Waals surface area contributed by atoms with Crippen LogP contribution >= 0.6 is 0 Å². The number of para-hydroxylation sites is 2. The summed E-state index contributed by atoms with van der Waals surface area (Å²) in [6.07, 6.45) is 0. The summed E-state index contributed by atoms with van der Waals surface area (Å²) in [5.41, 5.74) is 2.15. The molecule has 0 fully saturated rings. The first-order valence-corrected chi connectivity index (χ1v) is 8.23. The summed E-state index contributed by atoms with van der Waals surface area (Å²) in [4.78, 5) is 27.9. The Morgan fingerprint density at radius 3 is 2.73 bits per heavy atom. The van der Waals surface area contributed by atoms with E-state index in [4.69, 9.17) is 0 Å². The molecular formula is C19H19FN4O2. The number of imidazole rings is 1. The molecule has 6 nitrogen and oxygen atoms in total. The number of nitrogens with one attached hydrogen (secondary N) is 2. The zero-order valence-electron chi connectivity index (χ0n) is 14.5. The quantitative estimate of drug-likeness (QED) is 0.740. The number of amides is 2. The van der Waals surface area contributed by atoms with E-state index in [2.05, 4.69) is 15.6 Å². The van der Waals surface area contributed by atoms with Crippen LogP contribution in [0.3, 0.4) is 0 Å². The Kier molecular flexibility index (Phi) is 4.97. The van der Waals surface area contributed by atoms with Crippen molar-refractivity contribution in [1.29, 1.82) is 0 Å². The molecule has 1 heterocycles. The molecule has 0 aliphatic heterocycles. The summed E-state index contributed by atoms with van der Waals surface area (Å²) in [5, 5.41) is 5.25. The molecule has 3 aromatic rings. The van der Waals surface area contributed by atoms with Crippen LogP contribution in [0, 0.1) is 12.7 Å². The molecule has 0 atom stereocenters. The van der Waals surface area contributed by atoms with Crippen LogP contribution in [0.1, 0.15) is 23.1 Å². The molecule has 0 aliphatic rings. The highest BCUT2D eigenvalue weighted by Crippen LogP contribution is 2.16. The molecular weight excluding hydrogens is 335 g/mol. The summed E-state index contributed by atoms with van der Waals surface area (Å²) in [5.74, 6) is -0.609. The summed E-state index contributed by atoms with van der Waals surface area (Å²) in [6.45, 7) is 4.09. The van der Waals surface area contributed by atoms with Crippen LogP contribution in [0.15, 0.2) is 42.5 Å². The minimum absolute atomic E-state index is 0.108. The number of hydrogen-bond acceptors (Lipinski definition) is 3. The number of carbonyl (C=O) groups excluding carboxylic acids is 2. The van der Waals surface area contributed by atoms with E-state index in [0.717, 1.165) is 22.9 Å². The van der Waals surface area contributed by atoms with Crippen LogP contribution in [0.25, 0.3) is 11.0 Å². The molecule has 0 spiro atoms. The minimum Gasteiger partial charge on any atom is -0.350 e. The molecule has 0 radical (unpaired) electrons. The molecule has 3 rings (SSSR count). The van der Waals surface area contributed by atoms with Crippen molar-refractivity contribution in [2.24, 2.45) is 0 Å². The number of fused-ring (bicyclic) bond motifs is 1. The van der Waals surface area contributed by atoms with Gasteiger partial charge in [0.15, 0.2) is 0 Å². The fourth-order valence-corrected chi connectivity index (χ4v) is 2.83. The fraction of sp³-hybridized carbons (Fsp3) is 0.211. The lowest BCUT2D eigenvalue weighted by Crippen LogP contribution is -2.28. The van der Waals surface area contributed by atoms with Gasteiger partial charge < -0.3 is 15.2 Å². The summed E-state index contributed by atoms with van der Waals surface area (Å²) in [7, 11) is 0. The lowest BCUT2D eigenvalue weighted by atomic mass is 10.1. The largest absolute Gasteiger partial charge is 0.350 e. The number of aromatic nitrogens is 2. The predicted octanol–water partition coefficient (Wildman–Crippen LogP) is 2.87. The van der Waals surface area contributed by atoms with Gasteiger partial charge in [-0.25, -0.2) is 9.37 Å². The van der Waals surface area contributed by atoms with E-state index >= 15 is 0 Å². The van der Waals surface area contributed by atoms with Crippen molar-refractivity contribution in [2.75, 3.05) is 11.9 Å². The molecule has 0 bridgehead atoms. The number of hydrogen-bond donors (Lipinski definition) is 2. The van der Waals surface area contributed by atoms with Gasteiger partial charge in [0, 0.05) is 25.7 Å². The molecule has 0 saturated carbocycles. The van der Waals surface area contributed by atoms with E-state index in [1.807, 2.05) is 35.8 Å². The van der Waals surface area contributed by atoms with Crippen molar-refractivity contribution >= 4 is 28.5 Å². The average Bonchev–Trinajstić information content (AvgIpc) is 2.92.